The van der Waals surface area contributed by atoms with E-state index >= 15 is 0 Å². The highest BCUT2D eigenvalue weighted by atomic mass is 16.5. The van der Waals surface area contributed by atoms with Crippen LogP contribution in [0.15, 0.2) is 0 Å². The standard InChI is InChI=1S/C19H40O3/c1-6-9-11-18(8-3)13-19(12-10-7-2)22-17(5)15-21-16(4)14-20/h16-20H,6-15H2,1-5H3. The Morgan fingerprint density at radius 1 is 0.909 bits per heavy atom. The van der Waals surface area contributed by atoms with Gasteiger partial charge in [0.25, 0.3) is 0 Å². The first-order chi connectivity index (χ1) is 10.6. The molecule has 0 spiro atoms. The molecule has 3 heteroatoms. The third-order valence-corrected chi connectivity index (χ3v) is 4.32. The summed E-state index contributed by atoms with van der Waals surface area (Å²) in [4.78, 5) is 0. The molecule has 0 radical (unpaired) electrons. The highest BCUT2D eigenvalue weighted by Crippen LogP contribution is 2.23. The molecule has 0 bridgehead atoms. The third-order valence-electron chi connectivity index (χ3n) is 4.32. The molecule has 0 aliphatic rings. The van der Waals surface area contributed by atoms with Crippen LogP contribution >= 0.6 is 0 Å². The van der Waals surface area contributed by atoms with Crippen LogP contribution in [0.4, 0.5) is 0 Å². The van der Waals surface area contributed by atoms with Crippen molar-refractivity contribution in [1.29, 1.82) is 0 Å². The van der Waals surface area contributed by atoms with E-state index in [1.807, 2.05) is 6.92 Å². The van der Waals surface area contributed by atoms with Crippen molar-refractivity contribution in [2.45, 2.75) is 104 Å². The molecule has 0 aromatic carbocycles. The van der Waals surface area contributed by atoms with Crippen molar-refractivity contribution in [3.63, 3.8) is 0 Å². The summed E-state index contributed by atoms with van der Waals surface area (Å²) < 4.78 is 11.8. The molecular formula is C19H40O3. The van der Waals surface area contributed by atoms with Crippen LogP contribution in [0.3, 0.4) is 0 Å². The number of hydrogen-bond donors (Lipinski definition) is 1. The Labute approximate surface area is 138 Å². The zero-order valence-corrected chi connectivity index (χ0v) is 15.6. The van der Waals surface area contributed by atoms with Gasteiger partial charge in [0.15, 0.2) is 0 Å². The van der Waals surface area contributed by atoms with Crippen LogP contribution in [0.1, 0.15) is 86.0 Å². The molecule has 0 aliphatic carbocycles. The molecular weight excluding hydrogens is 276 g/mol. The minimum Gasteiger partial charge on any atom is -0.394 e. The molecule has 0 fully saturated rings. The molecule has 0 heterocycles. The molecule has 0 saturated heterocycles. The fraction of sp³-hybridized carbons (Fsp3) is 1.00. The second-order valence-electron chi connectivity index (χ2n) is 6.69. The van der Waals surface area contributed by atoms with Crippen LogP contribution in [0.2, 0.25) is 0 Å². The third kappa shape index (κ3) is 11.4. The van der Waals surface area contributed by atoms with Gasteiger partial charge in [-0.05, 0) is 32.6 Å². The summed E-state index contributed by atoms with van der Waals surface area (Å²) in [6, 6.07) is 0. The molecule has 0 amide bonds. The topological polar surface area (TPSA) is 38.7 Å². The van der Waals surface area contributed by atoms with Gasteiger partial charge in [-0.25, -0.2) is 0 Å². The second-order valence-corrected chi connectivity index (χ2v) is 6.69. The first-order valence-corrected chi connectivity index (χ1v) is 9.45. The van der Waals surface area contributed by atoms with E-state index in [0.29, 0.717) is 12.7 Å². The Morgan fingerprint density at radius 2 is 1.55 bits per heavy atom. The van der Waals surface area contributed by atoms with Crippen LogP contribution in [0.25, 0.3) is 0 Å². The summed E-state index contributed by atoms with van der Waals surface area (Å²) in [5.74, 6) is 0.784. The van der Waals surface area contributed by atoms with Crippen LogP contribution in [0.5, 0.6) is 0 Å². The zero-order valence-electron chi connectivity index (χ0n) is 15.6. The molecule has 4 unspecified atom stereocenters. The molecule has 0 aromatic heterocycles. The van der Waals surface area contributed by atoms with Crippen molar-refractivity contribution in [2.75, 3.05) is 13.2 Å². The number of aliphatic hydroxyl groups excluding tert-OH is 1. The highest BCUT2D eigenvalue weighted by Gasteiger charge is 2.18. The van der Waals surface area contributed by atoms with E-state index < -0.39 is 0 Å². The molecule has 0 rings (SSSR count). The SMILES string of the molecule is CCCCC(CC)CC(CCCC)OC(C)COC(C)CO. The van der Waals surface area contributed by atoms with Crippen molar-refractivity contribution in [3.05, 3.63) is 0 Å². The molecule has 0 aliphatic heterocycles. The van der Waals surface area contributed by atoms with Crippen LogP contribution in [0, 0.1) is 5.92 Å². The van der Waals surface area contributed by atoms with Crippen molar-refractivity contribution >= 4 is 0 Å². The Hall–Kier alpha value is -0.120. The lowest BCUT2D eigenvalue weighted by atomic mass is 9.91. The second kappa shape index (κ2) is 14.5. The number of rotatable bonds is 15. The van der Waals surface area contributed by atoms with Gasteiger partial charge >= 0.3 is 0 Å². The molecule has 134 valence electrons. The summed E-state index contributed by atoms with van der Waals surface area (Å²) in [6.45, 7) is 11.4. The van der Waals surface area contributed by atoms with Crippen molar-refractivity contribution in [1.82, 2.24) is 0 Å². The Kier molecular flexibility index (Phi) is 14.4. The smallest absolute Gasteiger partial charge is 0.0784 e. The summed E-state index contributed by atoms with van der Waals surface area (Å²) in [5, 5.41) is 9.01. The summed E-state index contributed by atoms with van der Waals surface area (Å²) in [7, 11) is 0. The first-order valence-electron chi connectivity index (χ1n) is 9.45. The average molecular weight is 317 g/mol. The van der Waals surface area contributed by atoms with Gasteiger partial charge in [-0.15, -0.1) is 0 Å². The maximum Gasteiger partial charge on any atom is 0.0784 e. The lowest BCUT2D eigenvalue weighted by Gasteiger charge is -2.27. The lowest BCUT2D eigenvalue weighted by molar-refractivity contribution is -0.0804. The van der Waals surface area contributed by atoms with Gasteiger partial charge in [0.05, 0.1) is 31.5 Å². The van der Waals surface area contributed by atoms with Gasteiger partial charge in [-0.1, -0.05) is 59.3 Å². The minimum atomic E-state index is -0.104. The number of ether oxygens (including phenoxy) is 2. The predicted molar refractivity (Wildman–Crippen MR) is 94.3 cm³/mol. The van der Waals surface area contributed by atoms with Crippen molar-refractivity contribution < 1.29 is 14.6 Å². The zero-order chi connectivity index (χ0) is 16.8. The van der Waals surface area contributed by atoms with Gasteiger partial charge in [-0.3, -0.25) is 0 Å². The van der Waals surface area contributed by atoms with Crippen molar-refractivity contribution in [2.24, 2.45) is 5.92 Å². The van der Waals surface area contributed by atoms with E-state index in [9.17, 15) is 0 Å². The van der Waals surface area contributed by atoms with E-state index in [0.717, 1.165) is 12.3 Å². The normalized spacial score (nSPS) is 17.2. The summed E-state index contributed by atoms with van der Waals surface area (Å²) in [6.07, 6.45) is 10.3. The first kappa shape index (κ1) is 21.9. The Morgan fingerprint density at radius 3 is 2.09 bits per heavy atom. The highest BCUT2D eigenvalue weighted by molar-refractivity contribution is 4.68. The number of unbranched alkanes of at least 4 members (excludes halogenated alkanes) is 2. The van der Waals surface area contributed by atoms with Gasteiger partial charge in [0.2, 0.25) is 0 Å². The Bertz CT molecular complexity index is 233. The Balaban J connectivity index is 4.29. The fourth-order valence-corrected chi connectivity index (χ4v) is 2.75. The number of hydrogen-bond acceptors (Lipinski definition) is 3. The van der Waals surface area contributed by atoms with Crippen LogP contribution in [-0.2, 0) is 9.47 Å². The quantitative estimate of drug-likeness (QED) is 0.464. The maximum atomic E-state index is 9.01. The molecule has 4 atom stereocenters. The van der Waals surface area contributed by atoms with E-state index in [1.54, 1.807) is 0 Å². The molecule has 1 N–H and O–H groups in total. The van der Waals surface area contributed by atoms with Crippen molar-refractivity contribution in [3.8, 4) is 0 Å². The molecule has 3 nitrogen and oxygen atoms in total. The van der Waals surface area contributed by atoms with E-state index in [-0.39, 0.29) is 18.8 Å². The van der Waals surface area contributed by atoms with E-state index in [1.165, 1.54) is 44.9 Å². The van der Waals surface area contributed by atoms with Gasteiger partial charge in [-0.2, -0.15) is 0 Å². The lowest BCUT2D eigenvalue weighted by Crippen LogP contribution is -2.28. The van der Waals surface area contributed by atoms with E-state index in [4.69, 9.17) is 14.6 Å². The van der Waals surface area contributed by atoms with Gasteiger partial charge < -0.3 is 14.6 Å². The molecule has 0 saturated carbocycles. The minimum absolute atomic E-state index is 0.0703. The molecule has 22 heavy (non-hydrogen) atoms. The fourth-order valence-electron chi connectivity index (χ4n) is 2.75. The predicted octanol–water partition coefficient (Wildman–Crippen LogP) is 4.95. The van der Waals surface area contributed by atoms with Crippen LogP contribution < -0.4 is 0 Å². The van der Waals surface area contributed by atoms with Gasteiger partial charge in [0, 0.05) is 0 Å². The average Bonchev–Trinajstić information content (AvgIpc) is 2.53. The maximum absolute atomic E-state index is 9.01. The summed E-state index contributed by atoms with van der Waals surface area (Å²) >= 11 is 0. The van der Waals surface area contributed by atoms with Crippen LogP contribution in [-0.4, -0.2) is 36.6 Å². The number of aliphatic hydroxyl groups is 1. The molecule has 0 aromatic rings. The monoisotopic (exact) mass is 316 g/mol. The van der Waals surface area contributed by atoms with E-state index in [2.05, 4.69) is 27.7 Å². The summed E-state index contributed by atoms with van der Waals surface area (Å²) in [5.41, 5.74) is 0. The largest absolute Gasteiger partial charge is 0.394 e. The van der Waals surface area contributed by atoms with Gasteiger partial charge in [0.1, 0.15) is 0 Å².